The molecule has 0 saturated carbocycles. The molecular formula is C15H23N3O3. The van der Waals surface area contributed by atoms with Crippen molar-refractivity contribution >= 4 is 23.3 Å². The Morgan fingerprint density at radius 3 is 2.57 bits per heavy atom. The number of hydrogen-bond donors (Lipinski definition) is 2. The topological polar surface area (TPSA) is 84.7 Å². The number of benzene rings is 1. The number of nitrogens with one attached hydrogen (secondary N) is 1. The van der Waals surface area contributed by atoms with E-state index in [1.807, 2.05) is 32.8 Å². The summed E-state index contributed by atoms with van der Waals surface area (Å²) in [5, 5.41) is 2.72. The van der Waals surface area contributed by atoms with E-state index in [2.05, 4.69) is 5.32 Å². The van der Waals surface area contributed by atoms with Gasteiger partial charge in [0.05, 0.1) is 16.9 Å². The maximum absolute atomic E-state index is 11.9. The van der Waals surface area contributed by atoms with Crippen molar-refractivity contribution in [2.45, 2.75) is 26.3 Å². The SMILES string of the molecule is CCC(C)NC(=O)COC(=O)c1ccc(N(C)C)c(N)c1. The van der Waals surface area contributed by atoms with E-state index in [9.17, 15) is 9.59 Å². The third-order valence-electron chi connectivity index (χ3n) is 3.10. The van der Waals surface area contributed by atoms with E-state index < -0.39 is 5.97 Å². The number of nitrogen functional groups attached to an aromatic ring is 1. The van der Waals surface area contributed by atoms with E-state index in [1.54, 1.807) is 18.2 Å². The number of nitrogens with zero attached hydrogens (tertiary/aromatic N) is 1. The Labute approximate surface area is 125 Å². The number of nitrogens with two attached hydrogens (primary N) is 1. The molecule has 3 N–H and O–H groups in total. The fourth-order valence-corrected chi connectivity index (χ4v) is 1.72. The maximum atomic E-state index is 11.9. The van der Waals surface area contributed by atoms with Crippen LogP contribution in [0.15, 0.2) is 18.2 Å². The predicted octanol–water partition coefficient (Wildman–Crippen LogP) is 1.41. The molecule has 0 aliphatic heterocycles. The summed E-state index contributed by atoms with van der Waals surface area (Å²) in [6.07, 6.45) is 0.822. The van der Waals surface area contributed by atoms with Crippen LogP contribution in [0.5, 0.6) is 0 Å². The zero-order valence-corrected chi connectivity index (χ0v) is 13.0. The molecular weight excluding hydrogens is 270 g/mol. The van der Waals surface area contributed by atoms with Gasteiger partial charge >= 0.3 is 5.97 Å². The summed E-state index contributed by atoms with van der Waals surface area (Å²) in [7, 11) is 3.73. The Bertz CT molecular complexity index is 515. The van der Waals surface area contributed by atoms with Crippen molar-refractivity contribution in [2.24, 2.45) is 0 Å². The molecule has 6 nitrogen and oxygen atoms in total. The number of esters is 1. The standard InChI is InChI=1S/C15H23N3O3/c1-5-10(2)17-14(19)9-21-15(20)11-6-7-13(18(3)4)12(16)8-11/h6-8,10H,5,9,16H2,1-4H3,(H,17,19). The highest BCUT2D eigenvalue weighted by atomic mass is 16.5. The average Bonchev–Trinajstić information content (AvgIpc) is 2.43. The van der Waals surface area contributed by atoms with Gasteiger partial charge in [0.15, 0.2) is 6.61 Å². The highest BCUT2D eigenvalue weighted by molar-refractivity contribution is 5.93. The molecule has 6 heteroatoms. The van der Waals surface area contributed by atoms with Crippen LogP contribution in [0.2, 0.25) is 0 Å². The monoisotopic (exact) mass is 293 g/mol. The lowest BCUT2D eigenvalue weighted by Gasteiger charge is -2.16. The zero-order chi connectivity index (χ0) is 16.0. The lowest BCUT2D eigenvalue weighted by Crippen LogP contribution is -2.35. The molecule has 1 aromatic rings. The van der Waals surface area contributed by atoms with E-state index >= 15 is 0 Å². The second-order valence-electron chi connectivity index (χ2n) is 5.12. The second-order valence-corrected chi connectivity index (χ2v) is 5.12. The van der Waals surface area contributed by atoms with E-state index in [-0.39, 0.29) is 18.6 Å². The molecule has 0 radical (unpaired) electrons. The summed E-state index contributed by atoms with van der Waals surface area (Å²) in [6.45, 7) is 3.56. The summed E-state index contributed by atoms with van der Waals surface area (Å²) < 4.78 is 4.97. The Kier molecular flexibility index (Phi) is 6.02. The van der Waals surface area contributed by atoms with Gasteiger partial charge in [0.2, 0.25) is 0 Å². The van der Waals surface area contributed by atoms with Crippen molar-refractivity contribution in [1.82, 2.24) is 5.32 Å². The van der Waals surface area contributed by atoms with Crippen LogP contribution >= 0.6 is 0 Å². The van der Waals surface area contributed by atoms with Crippen molar-refractivity contribution in [3.63, 3.8) is 0 Å². The van der Waals surface area contributed by atoms with Crippen LogP contribution in [0.3, 0.4) is 0 Å². The molecule has 1 unspecified atom stereocenters. The normalized spacial score (nSPS) is 11.6. The van der Waals surface area contributed by atoms with Crippen LogP contribution in [0.4, 0.5) is 11.4 Å². The molecule has 1 rings (SSSR count). The first-order chi connectivity index (χ1) is 9.85. The van der Waals surface area contributed by atoms with Gasteiger partial charge in [-0.3, -0.25) is 4.79 Å². The van der Waals surface area contributed by atoms with Crippen LogP contribution < -0.4 is 16.0 Å². The molecule has 0 heterocycles. The first-order valence-electron chi connectivity index (χ1n) is 6.88. The minimum absolute atomic E-state index is 0.0613. The molecule has 1 amide bonds. The molecule has 0 saturated heterocycles. The number of amides is 1. The quantitative estimate of drug-likeness (QED) is 0.612. The zero-order valence-electron chi connectivity index (χ0n) is 13.0. The second kappa shape index (κ2) is 7.52. The molecule has 116 valence electrons. The fourth-order valence-electron chi connectivity index (χ4n) is 1.72. The van der Waals surface area contributed by atoms with Crippen molar-refractivity contribution < 1.29 is 14.3 Å². The van der Waals surface area contributed by atoms with Crippen LogP contribution in [0.1, 0.15) is 30.6 Å². The Morgan fingerprint density at radius 1 is 1.38 bits per heavy atom. The van der Waals surface area contributed by atoms with Crippen molar-refractivity contribution in [3.05, 3.63) is 23.8 Å². The molecule has 1 atom stereocenters. The van der Waals surface area contributed by atoms with Gasteiger partial charge in [-0.05, 0) is 31.5 Å². The van der Waals surface area contributed by atoms with Crippen molar-refractivity contribution in [3.8, 4) is 0 Å². The Balaban J connectivity index is 2.60. The van der Waals surface area contributed by atoms with Gasteiger partial charge in [-0.15, -0.1) is 0 Å². The summed E-state index contributed by atoms with van der Waals surface area (Å²) in [5.74, 6) is -0.873. The third kappa shape index (κ3) is 4.98. The van der Waals surface area contributed by atoms with Gasteiger partial charge in [0, 0.05) is 20.1 Å². The van der Waals surface area contributed by atoms with Gasteiger partial charge in [-0.25, -0.2) is 4.79 Å². The molecule has 0 bridgehead atoms. The Hall–Kier alpha value is -2.24. The van der Waals surface area contributed by atoms with Crippen LogP contribution in [-0.4, -0.2) is 38.6 Å². The van der Waals surface area contributed by atoms with E-state index in [1.165, 1.54) is 0 Å². The lowest BCUT2D eigenvalue weighted by molar-refractivity contribution is -0.124. The molecule has 0 aliphatic rings. The summed E-state index contributed by atoms with van der Waals surface area (Å²) in [6, 6.07) is 4.97. The third-order valence-corrected chi connectivity index (χ3v) is 3.10. The first-order valence-corrected chi connectivity index (χ1v) is 6.88. The summed E-state index contributed by atoms with van der Waals surface area (Å²) in [4.78, 5) is 25.3. The van der Waals surface area contributed by atoms with E-state index in [4.69, 9.17) is 10.5 Å². The molecule has 1 aromatic carbocycles. The average molecular weight is 293 g/mol. The maximum Gasteiger partial charge on any atom is 0.338 e. The molecule has 21 heavy (non-hydrogen) atoms. The highest BCUT2D eigenvalue weighted by Gasteiger charge is 2.13. The lowest BCUT2D eigenvalue weighted by atomic mass is 10.1. The fraction of sp³-hybridized carbons (Fsp3) is 0.467. The summed E-state index contributed by atoms with van der Waals surface area (Å²) in [5.41, 5.74) is 7.50. The Morgan fingerprint density at radius 2 is 2.05 bits per heavy atom. The molecule has 0 spiro atoms. The van der Waals surface area contributed by atoms with Crippen molar-refractivity contribution in [1.29, 1.82) is 0 Å². The first kappa shape index (κ1) is 16.8. The van der Waals surface area contributed by atoms with Gasteiger partial charge in [0.1, 0.15) is 0 Å². The van der Waals surface area contributed by atoms with Gasteiger partial charge < -0.3 is 20.7 Å². The summed E-state index contributed by atoms with van der Waals surface area (Å²) >= 11 is 0. The molecule has 0 aliphatic carbocycles. The minimum atomic E-state index is -0.564. The number of carbonyl (C=O) groups is 2. The number of carbonyl (C=O) groups excluding carboxylic acids is 2. The number of rotatable bonds is 6. The van der Waals surface area contributed by atoms with Crippen LogP contribution in [0.25, 0.3) is 0 Å². The highest BCUT2D eigenvalue weighted by Crippen LogP contribution is 2.22. The van der Waals surface area contributed by atoms with E-state index in [0.29, 0.717) is 11.3 Å². The van der Waals surface area contributed by atoms with Gasteiger partial charge in [-0.1, -0.05) is 6.92 Å². The largest absolute Gasteiger partial charge is 0.452 e. The van der Waals surface area contributed by atoms with Gasteiger partial charge in [0.25, 0.3) is 5.91 Å². The number of hydrogen-bond acceptors (Lipinski definition) is 5. The van der Waals surface area contributed by atoms with E-state index in [0.717, 1.165) is 12.1 Å². The van der Waals surface area contributed by atoms with Crippen molar-refractivity contribution in [2.75, 3.05) is 31.3 Å². The number of anilines is 2. The number of ether oxygens (including phenoxy) is 1. The van der Waals surface area contributed by atoms with Gasteiger partial charge in [-0.2, -0.15) is 0 Å². The predicted molar refractivity (Wildman–Crippen MR) is 83.4 cm³/mol. The smallest absolute Gasteiger partial charge is 0.338 e. The molecule has 0 fully saturated rings. The van der Waals surface area contributed by atoms with Crippen LogP contribution in [0, 0.1) is 0 Å². The van der Waals surface area contributed by atoms with Crippen LogP contribution in [-0.2, 0) is 9.53 Å². The molecule has 0 aromatic heterocycles. The minimum Gasteiger partial charge on any atom is -0.452 e.